The maximum Gasteiger partial charge on any atom is 0.316 e. The molecule has 0 bridgehead atoms. The lowest BCUT2D eigenvalue weighted by molar-refractivity contribution is 0.217. The van der Waals surface area contributed by atoms with Gasteiger partial charge in [0.05, 0.1) is 0 Å². The Kier molecular flexibility index (Phi) is 7.24. The number of carbonyl (C=O) groups is 1. The quantitative estimate of drug-likeness (QED) is 0.678. The molecule has 0 fully saturated rings. The summed E-state index contributed by atoms with van der Waals surface area (Å²) in [5.74, 6) is 0. The molecule has 0 aliphatic rings. The van der Waals surface area contributed by atoms with Crippen molar-refractivity contribution < 1.29 is 4.79 Å². The zero-order valence-corrected chi connectivity index (χ0v) is 9.69. The summed E-state index contributed by atoms with van der Waals surface area (Å²) in [4.78, 5) is 12.6. The van der Waals surface area contributed by atoms with Crippen LogP contribution in [0.15, 0.2) is 11.1 Å². The van der Waals surface area contributed by atoms with E-state index >= 15 is 0 Å². The summed E-state index contributed by atoms with van der Waals surface area (Å²) in [7, 11) is 3.42. The minimum atomic E-state index is -0.0728. The predicted octanol–water partition coefficient (Wildman–Crippen LogP) is 0.990. The van der Waals surface area contributed by atoms with Crippen LogP contribution in [0.2, 0.25) is 0 Å². The molecule has 2 amide bonds. The first kappa shape index (κ1) is 13.3. The first-order valence-electron chi connectivity index (χ1n) is 4.49. The van der Waals surface area contributed by atoms with Crippen molar-refractivity contribution in [3.63, 3.8) is 0 Å². The number of amides is 2. The second kappa shape index (κ2) is 7.64. The van der Waals surface area contributed by atoms with E-state index in [4.69, 9.17) is 11.6 Å². The van der Waals surface area contributed by atoms with Crippen LogP contribution in [0, 0.1) is 0 Å². The average molecular weight is 220 g/mol. The highest BCUT2D eigenvalue weighted by molar-refractivity contribution is 6.25. The number of urea groups is 1. The first-order chi connectivity index (χ1) is 6.57. The van der Waals surface area contributed by atoms with Crippen molar-refractivity contribution in [3.05, 3.63) is 11.1 Å². The van der Waals surface area contributed by atoms with Gasteiger partial charge in [-0.3, -0.25) is 0 Å². The van der Waals surface area contributed by atoms with Gasteiger partial charge < -0.3 is 15.5 Å². The van der Waals surface area contributed by atoms with Gasteiger partial charge in [0.25, 0.3) is 0 Å². The van der Waals surface area contributed by atoms with Gasteiger partial charge in [0, 0.05) is 39.3 Å². The Morgan fingerprint density at radius 2 is 2.07 bits per heavy atom. The van der Waals surface area contributed by atoms with Gasteiger partial charge in [0.1, 0.15) is 0 Å². The maximum atomic E-state index is 11.1. The highest BCUT2D eigenvalue weighted by Gasteiger charge is 1.99. The molecule has 0 rings (SSSR count). The van der Waals surface area contributed by atoms with Crippen LogP contribution < -0.4 is 10.6 Å². The van der Waals surface area contributed by atoms with Crippen molar-refractivity contribution in [1.29, 1.82) is 0 Å². The molecule has 0 saturated carbocycles. The van der Waals surface area contributed by atoms with Gasteiger partial charge in [-0.25, -0.2) is 4.79 Å². The number of nitrogens with one attached hydrogen (secondary N) is 2. The van der Waals surface area contributed by atoms with E-state index in [1.807, 2.05) is 6.92 Å². The zero-order valence-electron chi connectivity index (χ0n) is 8.93. The third kappa shape index (κ3) is 6.74. The summed E-state index contributed by atoms with van der Waals surface area (Å²) in [5.41, 5.74) is 2.62. The Balaban J connectivity index is 3.35. The number of halogens is 1. The van der Waals surface area contributed by atoms with E-state index < -0.39 is 0 Å². The van der Waals surface area contributed by atoms with Gasteiger partial charge in [-0.05, 0) is 12.5 Å². The molecule has 0 aromatic rings. The van der Waals surface area contributed by atoms with Gasteiger partial charge >= 0.3 is 6.03 Å². The predicted molar refractivity (Wildman–Crippen MR) is 59.6 cm³/mol. The van der Waals surface area contributed by atoms with Crippen LogP contribution in [-0.4, -0.2) is 44.7 Å². The molecule has 14 heavy (non-hydrogen) atoms. The lowest BCUT2D eigenvalue weighted by Crippen LogP contribution is -2.38. The molecule has 4 nitrogen and oxygen atoms in total. The summed E-state index contributed by atoms with van der Waals surface area (Å²) < 4.78 is 0. The number of carbonyl (C=O) groups excluding carboxylic acids is 1. The highest BCUT2D eigenvalue weighted by Crippen LogP contribution is 1.91. The maximum absolute atomic E-state index is 11.1. The van der Waals surface area contributed by atoms with Crippen LogP contribution in [0.5, 0.6) is 0 Å². The SMILES string of the molecule is CC(=CCl)CNCCNC(=O)N(C)C. The normalized spacial score (nSPS) is 11.3. The molecule has 0 aliphatic heterocycles. The van der Waals surface area contributed by atoms with E-state index in [2.05, 4.69) is 10.6 Å². The van der Waals surface area contributed by atoms with Gasteiger partial charge in [-0.1, -0.05) is 11.6 Å². The Bertz CT molecular complexity index is 204. The van der Waals surface area contributed by atoms with Crippen LogP contribution in [0.4, 0.5) is 4.79 Å². The Morgan fingerprint density at radius 3 is 2.57 bits per heavy atom. The lowest BCUT2D eigenvalue weighted by atomic mass is 10.3. The molecule has 0 aromatic carbocycles. The first-order valence-corrected chi connectivity index (χ1v) is 4.93. The largest absolute Gasteiger partial charge is 0.337 e. The van der Waals surface area contributed by atoms with Crippen molar-refractivity contribution in [2.75, 3.05) is 33.7 Å². The topological polar surface area (TPSA) is 44.4 Å². The standard InChI is InChI=1S/C9H18ClN3O/c1-8(6-10)7-11-4-5-12-9(14)13(2)3/h6,11H,4-5,7H2,1-3H3,(H,12,14). The Morgan fingerprint density at radius 1 is 1.43 bits per heavy atom. The fourth-order valence-corrected chi connectivity index (χ4v) is 0.817. The molecule has 0 spiro atoms. The lowest BCUT2D eigenvalue weighted by Gasteiger charge is -2.12. The smallest absolute Gasteiger partial charge is 0.316 e. The van der Waals surface area contributed by atoms with E-state index in [1.165, 1.54) is 4.90 Å². The van der Waals surface area contributed by atoms with Crippen LogP contribution in [0.25, 0.3) is 0 Å². The van der Waals surface area contributed by atoms with Crippen molar-refractivity contribution in [2.24, 2.45) is 0 Å². The van der Waals surface area contributed by atoms with Gasteiger partial charge in [0.15, 0.2) is 0 Å². The molecule has 0 heterocycles. The van der Waals surface area contributed by atoms with Crippen molar-refractivity contribution in [1.82, 2.24) is 15.5 Å². The molecule has 0 atom stereocenters. The van der Waals surface area contributed by atoms with E-state index in [1.54, 1.807) is 19.6 Å². The fourth-order valence-electron chi connectivity index (χ4n) is 0.740. The van der Waals surface area contributed by atoms with E-state index in [0.717, 1.165) is 18.7 Å². The number of nitrogens with zero attached hydrogens (tertiary/aromatic N) is 1. The molecule has 0 aliphatic carbocycles. The summed E-state index contributed by atoms with van der Waals surface area (Å²) >= 11 is 5.48. The molecular formula is C9H18ClN3O. The molecule has 0 saturated heterocycles. The van der Waals surface area contributed by atoms with E-state index in [0.29, 0.717) is 6.54 Å². The molecule has 2 N–H and O–H groups in total. The molecule has 5 heteroatoms. The zero-order chi connectivity index (χ0) is 11.0. The average Bonchev–Trinajstić information content (AvgIpc) is 2.16. The van der Waals surface area contributed by atoms with Crippen LogP contribution in [0.1, 0.15) is 6.92 Å². The molecule has 0 unspecified atom stereocenters. The van der Waals surface area contributed by atoms with Crippen molar-refractivity contribution >= 4 is 17.6 Å². The van der Waals surface area contributed by atoms with Crippen molar-refractivity contribution in [2.45, 2.75) is 6.92 Å². The monoisotopic (exact) mass is 219 g/mol. The minimum absolute atomic E-state index is 0.0728. The summed E-state index contributed by atoms with van der Waals surface area (Å²) in [6.45, 7) is 4.05. The third-order valence-corrected chi connectivity index (χ3v) is 1.95. The van der Waals surface area contributed by atoms with Crippen LogP contribution >= 0.6 is 11.6 Å². The number of hydrogen-bond acceptors (Lipinski definition) is 2. The highest BCUT2D eigenvalue weighted by atomic mass is 35.5. The molecule has 0 aromatic heterocycles. The summed E-state index contributed by atoms with van der Waals surface area (Å²) in [6, 6.07) is -0.0728. The van der Waals surface area contributed by atoms with Crippen LogP contribution in [0.3, 0.4) is 0 Å². The summed E-state index contributed by atoms with van der Waals surface area (Å²) in [6.07, 6.45) is 0. The van der Waals surface area contributed by atoms with E-state index in [-0.39, 0.29) is 6.03 Å². The third-order valence-electron chi connectivity index (χ3n) is 1.57. The molecule has 82 valence electrons. The summed E-state index contributed by atoms with van der Waals surface area (Å²) in [5, 5.41) is 5.89. The van der Waals surface area contributed by atoms with Crippen LogP contribution in [-0.2, 0) is 0 Å². The second-order valence-electron chi connectivity index (χ2n) is 3.26. The second-order valence-corrected chi connectivity index (χ2v) is 3.48. The number of rotatable bonds is 5. The Labute approximate surface area is 90.3 Å². The van der Waals surface area contributed by atoms with Gasteiger partial charge in [-0.2, -0.15) is 0 Å². The minimum Gasteiger partial charge on any atom is -0.337 e. The van der Waals surface area contributed by atoms with Gasteiger partial charge in [-0.15, -0.1) is 0 Å². The number of hydrogen-bond donors (Lipinski definition) is 2. The fraction of sp³-hybridized carbons (Fsp3) is 0.667. The van der Waals surface area contributed by atoms with Gasteiger partial charge in [0.2, 0.25) is 0 Å². The van der Waals surface area contributed by atoms with E-state index in [9.17, 15) is 4.79 Å². The molecule has 0 radical (unpaired) electrons. The Hall–Kier alpha value is -0.740. The molecular weight excluding hydrogens is 202 g/mol. The van der Waals surface area contributed by atoms with Crippen molar-refractivity contribution in [3.8, 4) is 0 Å².